The number of phenols is 2. The predicted octanol–water partition coefficient (Wildman–Crippen LogP) is 0.654. The van der Waals surface area contributed by atoms with Crippen LogP contribution >= 0.6 is 0 Å². The average Bonchev–Trinajstić information content (AvgIpc) is 2.64. The van der Waals surface area contributed by atoms with Crippen LogP contribution in [-0.2, 0) is 0 Å². The number of benzene rings is 2. The number of carbonyl (C=O) groups is 4. The highest BCUT2D eigenvalue weighted by molar-refractivity contribution is 6.02. The maximum absolute atomic E-state index is 12.0. The Balaban J connectivity index is 1.95. The molecule has 28 heavy (non-hydrogen) atoms. The molecule has 0 heterocycles. The molecule has 0 saturated heterocycles. The lowest BCUT2D eigenvalue weighted by molar-refractivity contribution is 0.0681. The Bertz CT molecular complexity index is 877. The SMILES string of the molecule is O=C(O)c1cccc(C(=O)NCCNC(=O)c2cccc(C(=O)O)c2O)c1O. The van der Waals surface area contributed by atoms with Gasteiger partial charge in [-0.2, -0.15) is 0 Å². The minimum Gasteiger partial charge on any atom is -0.506 e. The average molecular weight is 388 g/mol. The molecule has 0 aromatic heterocycles. The highest BCUT2D eigenvalue weighted by atomic mass is 16.4. The summed E-state index contributed by atoms with van der Waals surface area (Å²) in [6, 6.07) is 7.38. The summed E-state index contributed by atoms with van der Waals surface area (Å²) >= 11 is 0. The molecule has 0 fully saturated rings. The van der Waals surface area contributed by atoms with Gasteiger partial charge in [-0.05, 0) is 24.3 Å². The summed E-state index contributed by atoms with van der Waals surface area (Å²) in [5.74, 6) is -5.61. The summed E-state index contributed by atoms with van der Waals surface area (Å²) in [7, 11) is 0. The van der Waals surface area contributed by atoms with Crippen LogP contribution in [0.15, 0.2) is 36.4 Å². The predicted molar refractivity (Wildman–Crippen MR) is 94.8 cm³/mol. The molecule has 6 N–H and O–H groups in total. The zero-order chi connectivity index (χ0) is 20.8. The first kappa shape index (κ1) is 20.2. The third kappa shape index (κ3) is 4.36. The zero-order valence-corrected chi connectivity index (χ0v) is 14.3. The van der Waals surface area contributed by atoms with Gasteiger partial charge < -0.3 is 31.1 Å². The number of hydrogen-bond acceptors (Lipinski definition) is 6. The van der Waals surface area contributed by atoms with Gasteiger partial charge in [-0.1, -0.05) is 12.1 Å². The van der Waals surface area contributed by atoms with Crippen molar-refractivity contribution < 1.29 is 39.6 Å². The fraction of sp³-hybridized carbons (Fsp3) is 0.111. The highest BCUT2D eigenvalue weighted by Gasteiger charge is 2.19. The van der Waals surface area contributed by atoms with E-state index in [0.29, 0.717) is 0 Å². The summed E-state index contributed by atoms with van der Waals surface area (Å²) in [5.41, 5.74) is -1.32. The normalized spacial score (nSPS) is 10.1. The molecular weight excluding hydrogens is 372 g/mol. The number of carboxylic acid groups (broad SMARTS) is 2. The summed E-state index contributed by atoms with van der Waals surface area (Å²) in [5, 5.41) is 42.3. The molecule has 0 radical (unpaired) electrons. The Hall–Kier alpha value is -4.08. The Morgan fingerprint density at radius 1 is 0.643 bits per heavy atom. The molecule has 10 heteroatoms. The van der Waals surface area contributed by atoms with E-state index in [1.807, 2.05) is 0 Å². The molecule has 0 aliphatic heterocycles. The van der Waals surface area contributed by atoms with Crippen LogP contribution in [0.3, 0.4) is 0 Å². The van der Waals surface area contributed by atoms with E-state index >= 15 is 0 Å². The molecule has 0 atom stereocenters. The lowest BCUT2D eigenvalue weighted by atomic mass is 10.1. The van der Waals surface area contributed by atoms with Gasteiger partial charge in [0.1, 0.15) is 22.6 Å². The molecular formula is C18H16N2O8. The topological polar surface area (TPSA) is 173 Å². The number of hydrogen-bond donors (Lipinski definition) is 6. The van der Waals surface area contributed by atoms with Gasteiger partial charge in [-0.3, -0.25) is 9.59 Å². The van der Waals surface area contributed by atoms with Crippen molar-refractivity contribution in [3.8, 4) is 11.5 Å². The van der Waals surface area contributed by atoms with Crippen molar-refractivity contribution in [3.05, 3.63) is 58.7 Å². The van der Waals surface area contributed by atoms with Crippen LogP contribution in [0, 0.1) is 0 Å². The molecule has 2 aromatic carbocycles. The van der Waals surface area contributed by atoms with E-state index in [2.05, 4.69) is 10.6 Å². The lowest BCUT2D eigenvalue weighted by Gasteiger charge is -2.10. The monoisotopic (exact) mass is 388 g/mol. The van der Waals surface area contributed by atoms with Gasteiger partial charge in [0.25, 0.3) is 11.8 Å². The highest BCUT2D eigenvalue weighted by Crippen LogP contribution is 2.23. The molecule has 2 aromatic rings. The van der Waals surface area contributed by atoms with Crippen molar-refractivity contribution in [2.24, 2.45) is 0 Å². The molecule has 0 aliphatic rings. The second kappa shape index (κ2) is 8.54. The van der Waals surface area contributed by atoms with E-state index in [1.54, 1.807) is 0 Å². The third-order valence-corrected chi connectivity index (χ3v) is 3.72. The van der Waals surface area contributed by atoms with Gasteiger partial charge >= 0.3 is 11.9 Å². The number of carbonyl (C=O) groups excluding carboxylic acids is 2. The number of nitrogens with one attached hydrogen (secondary N) is 2. The number of aromatic hydroxyl groups is 2. The Kier molecular flexibility index (Phi) is 6.17. The molecule has 0 spiro atoms. The van der Waals surface area contributed by atoms with Crippen LogP contribution in [0.2, 0.25) is 0 Å². The molecule has 2 amide bonds. The molecule has 0 bridgehead atoms. The van der Waals surface area contributed by atoms with Gasteiger partial charge in [0.15, 0.2) is 0 Å². The van der Waals surface area contributed by atoms with Crippen LogP contribution in [0.4, 0.5) is 0 Å². The molecule has 146 valence electrons. The fourth-order valence-electron chi connectivity index (χ4n) is 2.34. The molecule has 0 unspecified atom stereocenters. The Morgan fingerprint density at radius 2 is 0.964 bits per heavy atom. The van der Waals surface area contributed by atoms with Crippen molar-refractivity contribution in [3.63, 3.8) is 0 Å². The van der Waals surface area contributed by atoms with Gasteiger partial charge in [-0.15, -0.1) is 0 Å². The smallest absolute Gasteiger partial charge is 0.339 e. The second-order valence-electron chi connectivity index (χ2n) is 5.53. The van der Waals surface area contributed by atoms with Crippen LogP contribution in [0.5, 0.6) is 11.5 Å². The van der Waals surface area contributed by atoms with E-state index < -0.39 is 46.4 Å². The van der Waals surface area contributed by atoms with Gasteiger partial charge in [-0.25, -0.2) is 9.59 Å². The maximum Gasteiger partial charge on any atom is 0.339 e. The van der Waals surface area contributed by atoms with Crippen molar-refractivity contribution in [2.75, 3.05) is 13.1 Å². The number of aromatic carboxylic acids is 2. The largest absolute Gasteiger partial charge is 0.506 e. The minimum absolute atomic E-state index is 0.0688. The molecule has 10 nitrogen and oxygen atoms in total. The zero-order valence-electron chi connectivity index (χ0n) is 14.3. The van der Waals surface area contributed by atoms with Crippen LogP contribution < -0.4 is 10.6 Å². The molecule has 2 rings (SSSR count). The van der Waals surface area contributed by atoms with E-state index in [0.717, 1.165) is 12.1 Å². The van der Waals surface area contributed by atoms with Crippen LogP contribution in [-0.4, -0.2) is 57.3 Å². The Morgan fingerprint density at radius 3 is 1.29 bits per heavy atom. The summed E-state index contributed by atoms with van der Waals surface area (Å²) in [6.45, 7) is -0.138. The Labute approximate surface area is 158 Å². The first-order valence-corrected chi connectivity index (χ1v) is 7.91. The summed E-state index contributed by atoms with van der Waals surface area (Å²) in [4.78, 5) is 46.0. The quantitative estimate of drug-likeness (QED) is 0.375. The van der Waals surface area contributed by atoms with Gasteiger partial charge in [0, 0.05) is 13.1 Å². The number of rotatable bonds is 7. The molecule has 0 aliphatic carbocycles. The first-order valence-electron chi connectivity index (χ1n) is 7.91. The first-order chi connectivity index (χ1) is 13.2. The van der Waals surface area contributed by atoms with E-state index in [1.165, 1.54) is 24.3 Å². The maximum atomic E-state index is 12.0. The number of para-hydroxylation sites is 2. The second-order valence-corrected chi connectivity index (χ2v) is 5.53. The van der Waals surface area contributed by atoms with Gasteiger partial charge in [0.05, 0.1) is 11.1 Å². The third-order valence-electron chi connectivity index (χ3n) is 3.72. The standard InChI is InChI=1S/C18H16N2O8/c21-13-9(3-1-5-11(13)17(25)26)15(23)19-7-8-20-16(24)10-4-2-6-12(14(10)22)18(27)28/h1-6,21-22H,7-8H2,(H,19,23)(H,20,24)(H,25,26)(H,27,28). The van der Waals surface area contributed by atoms with E-state index in [9.17, 15) is 29.4 Å². The van der Waals surface area contributed by atoms with Crippen molar-refractivity contribution >= 4 is 23.8 Å². The fourth-order valence-corrected chi connectivity index (χ4v) is 2.34. The van der Waals surface area contributed by atoms with Crippen molar-refractivity contribution in [1.29, 1.82) is 0 Å². The molecule has 0 saturated carbocycles. The van der Waals surface area contributed by atoms with Gasteiger partial charge in [0.2, 0.25) is 0 Å². The van der Waals surface area contributed by atoms with E-state index in [-0.39, 0.29) is 24.2 Å². The minimum atomic E-state index is -1.39. The van der Waals surface area contributed by atoms with Crippen molar-refractivity contribution in [2.45, 2.75) is 0 Å². The summed E-state index contributed by atoms with van der Waals surface area (Å²) in [6.07, 6.45) is 0. The van der Waals surface area contributed by atoms with Crippen LogP contribution in [0.1, 0.15) is 41.4 Å². The summed E-state index contributed by atoms with van der Waals surface area (Å²) < 4.78 is 0. The lowest BCUT2D eigenvalue weighted by Crippen LogP contribution is -2.34. The van der Waals surface area contributed by atoms with E-state index in [4.69, 9.17) is 10.2 Å². The number of amides is 2. The number of carboxylic acids is 2. The van der Waals surface area contributed by atoms with Crippen molar-refractivity contribution in [1.82, 2.24) is 10.6 Å². The van der Waals surface area contributed by atoms with Crippen LogP contribution in [0.25, 0.3) is 0 Å².